The van der Waals surface area contributed by atoms with Gasteiger partial charge in [0.1, 0.15) is 5.76 Å². The Morgan fingerprint density at radius 3 is 2.18 bits per heavy atom. The molecule has 0 saturated heterocycles. The molecule has 0 aliphatic heterocycles. The third kappa shape index (κ3) is 5.52. The van der Waals surface area contributed by atoms with Crippen molar-refractivity contribution >= 4 is 5.97 Å². The number of hydrogen-bond acceptors (Lipinski definition) is 4. The van der Waals surface area contributed by atoms with Gasteiger partial charge in [0.15, 0.2) is 34.8 Å². The highest BCUT2D eigenvalue weighted by Crippen LogP contribution is 2.38. The number of rotatable bonds is 7. The second-order valence-electron chi connectivity index (χ2n) is 9.04. The minimum Gasteiger partial charge on any atom is -0.491 e. The zero-order valence-corrected chi connectivity index (χ0v) is 21.0. The van der Waals surface area contributed by atoms with Crippen LogP contribution in [0.5, 0.6) is 5.75 Å². The fourth-order valence-electron chi connectivity index (χ4n) is 4.50. The van der Waals surface area contributed by atoms with E-state index < -0.39 is 69.6 Å². The number of aliphatic hydroxyl groups excluding tert-OH is 1. The van der Waals surface area contributed by atoms with Gasteiger partial charge in [-0.15, -0.1) is 0 Å². The summed E-state index contributed by atoms with van der Waals surface area (Å²) in [6.45, 7) is 2.93. The fourth-order valence-corrected chi connectivity index (χ4v) is 4.50. The van der Waals surface area contributed by atoms with Crippen molar-refractivity contribution < 1.29 is 45.7 Å². The molecule has 3 aromatic carbocycles. The number of allylic oxidation sites excluding steroid dienone is 2. The lowest BCUT2D eigenvalue weighted by Gasteiger charge is -2.23. The quantitative estimate of drug-likeness (QED) is 0.243. The maximum absolute atomic E-state index is 15.0. The number of aliphatic hydroxyl groups is 1. The van der Waals surface area contributed by atoms with E-state index in [0.717, 1.165) is 24.3 Å². The maximum Gasteiger partial charge on any atom is 0.346 e. The Labute approximate surface area is 220 Å². The first-order chi connectivity index (χ1) is 18.5. The molecule has 10 heteroatoms. The second kappa shape index (κ2) is 11.5. The number of esters is 1. The smallest absolute Gasteiger partial charge is 0.346 e. The Balaban J connectivity index is 1.50. The van der Waals surface area contributed by atoms with E-state index in [1.807, 2.05) is 0 Å². The molecule has 2 atom stereocenters. The van der Waals surface area contributed by atoms with E-state index >= 15 is 4.39 Å². The van der Waals surface area contributed by atoms with Crippen molar-refractivity contribution in [1.82, 2.24) is 0 Å². The average Bonchev–Trinajstić information content (AvgIpc) is 2.91. The molecule has 0 saturated carbocycles. The standard InChI is InChI=1S/C29H24F6O4/c1-3-38-22-13-12-20(26(33)28(22)35)19-10-9-18(24(31)25(19)32)15-4-6-16(7-5-15)39-29(37)21-11-8-17(14(2)36)23(30)27(21)34/h6,8-15,36H,3-5,7H2,1-2H3. The summed E-state index contributed by atoms with van der Waals surface area (Å²) >= 11 is 0. The predicted octanol–water partition coefficient (Wildman–Crippen LogP) is 7.65. The van der Waals surface area contributed by atoms with Gasteiger partial charge < -0.3 is 14.6 Å². The predicted molar refractivity (Wildman–Crippen MR) is 130 cm³/mol. The molecule has 1 N–H and O–H groups in total. The van der Waals surface area contributed by atoms with Gasteiger partial charge in [-0.2, -0.15) is 4.39 Å². The number of hydrogen-bond donors (Lipinski definition) is 1. The summed E-state index contributed by atoms with van der Waals surface area (Å²) in [5.74, 6) is -9.87. The normalized spacial score (nSPS) is 16.0. The molecule has 0 spiro atoms. The van der Waals surface area contributed by atoms with E-state index in [9.17, 15) is 31.9 Å². The monoisotopic (exact) mass is 550 g/mol. The molecule has 0 radical (unpaired) electrons. The van der Waals surface area contributed by atoms with Crippen LogP contribution in [-0.4, -0.2) is 17.7 Å². The van der Waals surface area contributed by atoms with Crippen molar-refractivity contribution in [2.75, 3.05) is 6.61 Å². The number of carbonyl (C=O) groups is 1. The SMILES string of the molecule is CCOc1ccc(-c2ccc(C3CC=C(OC(=O)c4ccc(C(C)O)c(F)c4F)CC3)c(F)c2F)c(F)c1F. The van der Waals surface area contributed by atoms with Crippen LogP contribution < -0.4 is 4.74 Å². The second-order valence-corrected chi connectivity index (χ2v) is 9.04. The molecule has 4 rings (SSSR count). The number of halogens is 6. The number of benzene rings is 3. The highest BCUT2D eigenvalue weighted by atomic mass is 19.2. The molecule has 39 heavy (non-hydrogen) atoms. The summed E-state index contributed by atoms with van der Waals surface area (Å²) in [5.41, 5.74) is -1.86. The highest BCUT2D eigenvalue weighted by molar-refractivity contribution is 5.90. The zero-order valence-electron chi connectivity index (χ0n) is 21.0. The molecule has 0 heterocycles. The lowest BCUT2D eigenvalue weighted by molar-refractivity contribution is 0.0599. The summed E-state index contributed by atoms with van der Waals surface area (Å²) in [7, 11) is 0. The average molecular weight is 550 g/mol. The van der Waals surface area contributed by atoms with E-state index in [1.54, 1.807) is 6.92 Å². The third-order valence-corrected chi connectivity index (χ3v) is 6.56. The largest absolute Gasteiger partial charge is 0.491 e. The number of ether oxygens (including phenoxy) is 2. The van der Waals surface area contributed by atoms with Crippen molar-refractivity contribution in [3.05, 3.63) is 99.8 Å². The van der Waals surface area contributed by atoms with Crippen LogP contribution in [0.25, 0.3) is 11.1 Å². The zero-order chi connectivity index (χ0) is 28.4. The molecule has 0 bridgehead atoms. The van der Waals surface area contributed by atoms with E-state index in [2.05, 4.69) is 0 Å². The topological polar surface area (TPSA) is 55.8 Å². The van der Waals surface area contributed by atoms with Gasteiger partial charge in [0.2, 0.25) is 5.82 Å². The maximum atomic E-state index is 15.0. The first-order valence-corrected chi connectivity index (χ1v) is 12.2. The summed E-state index contributed by atoms with van der Waals surface area (Å²) in [5, 5.41) is 9.48. The van der Waals surface area contributed by atoms with Crippen molar-refractivity contribution in [1.29, 1.82) is 0 Å². The van der Waals surface area contributed by atoms with E-state index in [-0.39, 0.29) is 48.5 Å². The lowest BCUT2D eigenvalue weighted by atomic mass is 9.85. The van der Waals surface area contributed by atoms with Crippen molar-refractivity contribution in [3.8, 4) is 16.9 Å². The minimum absolute atomic E-state index is 0.00604. The summed E-state index contributed by atoms with van der Waals surface area (Å²) in [6.07, 6.45) is 0.689. The number of carbonyl (C=O) groups excluding carboxylic acids is 1. The summed E-state index contributed by atoms with van der Waals surface area (Å²) in [6, 6.07) is 6.79. The van der Waals surface area contributed by atoms with Crippen LogP contribution in [0.3, 0.4) is 0 Å². The van der Waals surface area contributed by atoms with Gasteiger partial charge in [-0.25, -0.2) is 26.7 Å². The van der Waals surface area contributed by atoms with Crippen molar-refractivity contribution in [3.63, 3.8) is 0 Å². The summed E-state index contributed by atoms with van der Waals surface area (Å²) < 4.78 is 97.4. The van der Waals surface area contributed by atoms with Gasteiger partial charge in [-0.05, 0) is 62.4 Å². The molecule has 206 valence electrons. The van der Waals surface area contributed by atoms with Gasteiger partial charge in [-0.3, -0.25) is 0 Å². The van der Waals surface area contributed by atoms with E-state index in [4.69, 9.17) is 9.47 Å². The molecule has 4 nitrogen and oxygen atoms in total. The molecule has 0 fully saturated rings. The van der Waals surface area contributed by atoms with E-state index in [0.29, 0.717) is 0 Å². The molecule has 0 aromatic heterocycles. The molecule has 2 unspecified atom stereocenters. The molecule has 0 amide bonds. The van der Waals surface area contributed by atoms with Gasteiger partial charge in [0.25, 0.3) is 0 Å². The van der Waals surface area contributed by atoms with Crippen LogP contribution >= 0.6 is 0 Å². The van der Waals surface area contributed by atoms with Gasteiger partial charge in [0, 0.05) is 23.1 Å². The highest BCUT2D eigenvalue weighted by Gasteiger charge is 2.27. The van der Waals surface area contributed by atoms with Crippen LogP contribution in [0.1, 0.15) is 66.6 Å². The van der Waals surface area contributed by atoms with Crippen LogP contribution in [0.4, 0.5) is 26.3 Å². The summed E-state index contributed by atoms with van der Waals surface area (Å²) in [4.78, 5) is 12.4. The molecular weight excluding hydrogens is 526 g/mol. The molecule has 1 aliphatic rings. The van der Waals surface area contributed by atoms with Crippen LogP contribution in [0.15, 0.2) is 48.2 Å². The Morgan fingerprint density at radius 2 is 1.56 bits per heavy atom. The van der Waals surface area contributed by atoms with Crippen LogP contribution in [0, 0.1) is 34.9 Å². The Hall–Kier alpha value is -3.79. The lowest BCUT2D eigenvalue weighted by Crippen LogP contribution is -2.14. The molecule has 3 aromatic rings. The molecule has 1 aliphatic carbocycles. The van der Waals surface area contributed by atoms with E-state index in [1.165, 1.54) is 25.1 Å². The van der Waals surface area contributed by atoms with Gasteiger partial charge in [0.05, 0.1) is 18.3 Å². The first-order valence-electron chi connectivity index (χ1n) is 12.2. The van der Waals surface area contributed by atoms with Crippen LogP contribution in [0.2, 0.25) is 0 Å². The third-order valence-electron chi connectivity index (χ3n) is 6.56. The van der Waals surface area contributed by atoms with Crippen LogP contribution in [-0.2, 0) is 4.74 Å². The Kier molecular flexibility index (Phi) is 8.34. The Morgan fingerprint density at radius 1 is 0.897 bits per heavy atom. The van der Waals surface area contributed by atoms with Crippen molar-refractivity contribution in [2.24, 2.45) is 0 Å². The minimum atomic E-state index is -1.45. The fraction of sp³-hybridized carbons (Fsp3) is 0.276. The van der Waals surface area contributed by atoms with Crippen molar-refractivity contribution in [2.45, 2.75) is 45.1 Å². The van der Waals surface area contributed by atoms with Gasteiger partial charge in [-0.1, -0.05) is 18.2 Å². The van der Waals surface area contributed by atoms with Gasteiger partial charge >= 0.3 is 5.97 Å². The molecular formula is C29H24F6O4. The Bertz CT molecular complexity index is 1450. The first kappa shape index (κ1) is 28.2.